The number of halogens is 3. The van der Waals surface area contributed by atoms with Gasteiger partial charge in [-0.25, -0.2) is 0 Å². The maximum absolute atomic E-state index is 6.14. The Balaban J connectivity index is 2.16. The summed E-state index contributed by atoms with van der Waals surface area (Å²) in [4.78, 5) is 0. The smallest absolute Gasteiger partial charge is 0.0640 e. The fourth-order valence-corrected chi connectivity index (χ4v) is 2.47. The van der Waals surface area contributed by atoms with E-state index < -0.39 is 0 Å². The number of anilines is 1. The number of hydrogen-bond acceptors (Lipinski definition) is 1. The van der Waals surface area contributed by atoms with Crippen LogP contribution in [0.4, 0.5) is 5.69 Å². The first-order chi connectivity index (χ1) is 8.58. The van der Waals surface area contributed by atoms with Gasteiger partial charge in [0, 0.05) is 16.6 Å². The van der Waals surface area contributed by atoms with Crippen LogP contribution in [0.3, 0.4) is 0 Å². The molecule has 2 aromatic rings. The highest BCUT2D eigenvalue weighted by molar-refractivity contribution is 6.35. The van der Waals surface area contributed by atoms with Gasteiger partial charge in [0.1, 0.15) is 0 Å². The molecule has 18 heavy (non-hydrogen) atoms. The zero-order valence-corrected chi connectivity index (χ0v) is 12.1. The first-order valence-corrected chi connectivity index (χ1v) is 6.64. The Kier molecular flexibility index (Phi) is 4.39. The summed E-state index contributed by atoms with van der Waals surface area (Å²) in [5.74, 6) is 0. The molecular formula is C14H12Cl3N. The lowest BCUT2D eigenvalue weighted by atomic mass is 10.1. The molecule has 0 atom stereocenters. The molecule has 1 nitrogen and oxygen atoms in total. The second-order valence-corrected chi connectivity index (χ2v) is 5.27. The fraction of sp³-hybridized carbons (Fsp3) is 0.143. The largest absolute Gasteiger partial charge is 0.379 e. The molecule has 0 aliphatic carbocycles. The summed E-state index contributed by atoms with van der Waals surface area (Å²) in [5.41, 5.74) is 3.03. The second kappa shape index (κ2) is 5.83. The molecule has 0 radical (unpaired) electrons. The minimum Gasteiger partial charge on any atom is -0.379 e. The van der Waals surface area contributed by atoms with Crippen LogP contribution in [0, 0.1) is 6.92 Å². The van der Waals surface area contributed by atoms with Gasteiger partial charge in [-0.05, 0) is 36.2 Å². The number of hydrogen-bond donors (Lipinski definition) is 1. The summed E-state index contributed by atoms with van der Waals surface area (Å²) in [6.07, 6.45) is 0. The maximum Gasteiger partial charge on any atom is 0.0640 e. The molecule has 0 unspecified atom stereocenters. The van der Waals surface area contributed by atoms with Crippen molar-refractivity contribution in [3.05, 3.63) is 62.6 Å². The van der Waals surface area contributed by atoms with E-state index in [0.29, 0.717) is 21.6 Å². The van der Waals surface area contributed by atoms with Gasteiger partial charge < -0.3 is 5.32 Å². The van der Waals surface area contributed by atoms with E-state index in [-0.39, 0.29) is 0 Å². The quantitative estimate of drug-likeness (QED) is 0.781. The molecule has 0 heterocycles. The molecule has 1 N–H and O–H groups in total. The first kappa shape index (κ1) is 13.5. The Hall–Kier alpha value is -0.890. The van der Waals surface area contributed by atoms with E-state index in [4.69, 9.17) is 34.8 Å². The molecule has 94 valence electrons. The van der Waals surface area contributed by atoms with Crippen molar-refractivity contribution in [1.82, 2.24) is 0 Å². The Bertz CT molecular complexity index is 547. The summed E-state index contributed by atoms with van der Waals surface area (Å²) < 4.78 is 0. The highest BCUT2D eigenvalue weighted by Crippen LogP contribution is 2.27. The van der Waals surface area contributed by atoms with Crippen molar-refractivity contribution in [2.24, 2.45) is 0 Å². The molecule has 0 spiro atoms. The minimum atomic E-state index is 0.612. The van der Waals surface area contributed by atoms with Crippen molar-refractivity contribution >= 4 is 40.5 Å². The number of benzene rings is 2. The monoisotopic (exact) mass is 299 g/mol. The maximum atomic E-state index is 6.14. The summed E-state index contributed by atoms with van der Waals surface area (Å²) in [6, 6.07) is 11.3. The lowest BCUT2D eigenvalue weighted by Gasteiger charge is -2.12. The van der Waals surface area contributed by atoms with E-state index in [1.165, 1.54) is 0 Å². The van der Waals surface area contributed by atoms with Crippen molar-refractivity contribution in [3.8, 4) is 0 Å². The van der Waals surface area contributed by atoms with E-state index in [9.17, 15) is 0 Å². The van der Waals surface area contributed by atoms with Gasteiger partial charge in [-0.15, -0.1) is 0 Å². The zero-order valence-electron chi connectivity index (χ0n) is 9.81. The molecule has 4 heteroatoms. The average molecular weight is 301 g/mol. The molecule has 0 saturated carbocycles. The van der Waals surface area contributed by atoms with Gasteiger partial charge >= 0.3 is 0 Å². The normalized spacial score (nSPS) is 10.4. The number of para-hydroxylation sites is 1. The van der Waals surface area contributed by atoms with Gasteiger partial charge in [0.2, 0.25) is 0 Å². The SMILES string of the molecule is Cc1cccc(Cl)c1NCc1ccc(Cl)cc1Cl. The lowest BCUT2D eigenvalue weighted by molar-refractivity contribution is 1.14. The number of nitrogens with one attached hydrogen (secondary N) is 1. The number of aryl methyl sites for hydroxylation is 1. The highest BCUT2D eigenvalue weighted by atomic mass is 35.5. The predicted molar refractivity (Wildman–Crippen MR) is 80.0 cm³/mol. The van der Waals surface area contributed by atoms with E-state index in [1.54, 1.807) is 6.07 Å². The van der Waals surface area contributed by atoms with E-state index in [0.717, 1.165) is 16.8 Å². The molecule has 2 aromatic carbocycles. The summed E-state index contributed by atoms with van der Waals surface area (Å²) in [6.45, 7) is 2.62. The van der Waals surface area contributed by atoms with Crippen molar-refractivity contribution in [2.45, 2.75) is 13.5 Å². The summed E-state index contributed by atoms with van der Waals surface area (Å²) in [7, 11) is 0. The van der Waals surface area contributed by atoms with Gasteiger partial charge in [-0.2, -0.15) is 0 Å². The third-order valence-electron chi connectivity index (χ3n) is 2.69. The molecule has 0 saturated heterocycles. The van der Waals surface area contributed by atoms with Crippen LogP contribution in [0.2, 0.25) is 15.1 Å². The third-order valence-corrected chi connectivity index (χ3v) is 3.59. The minimum absolute atomic E-state index is 0.612. The van der Waals surface area contributed by atoms with Crippen LogP contribution in [-0.2, 0) is 6.54 Å². The topological polar surface area (TPSA) is 12.0 Å². The van der Waals surface area contributed by atoms with Gasteiger partial charge in [-0.1, -0.05) is 53.0 Å². The third kappa shape index (κ3) is 3.11. The molecule has 0 fully saturated rings. The Labute approximate surface area is 122 Å². The van der Waals surface area contributed by atoms with E-state index >= 15 is 0 Å². The van der Waals surface area contributed by atoms with E-state index in [1.807, 2.05) is 37.3 Å². The van der Waals surface area contributed by atoms with Crippen molar-refractivity contribution in [3.63, 3.8) is 0 Å². The standard InChI is InChI=1S/C14H12Cl3N/c1-9-3-2-4-12(16)14(9)18-8-10-5-6-11(15)7-13(10)17/h2-7,18H,8H2,1H3. The van der Waals surface area contributed by atoms with Crippen LogP contribution in [0.25, 0.3) is 0 Å². The van der Waals surface area contributed by atoms with Crippen molar-refractivity contribution < 1.29 is 0 Å². The lowest BCUT2D eigenvalue weighted by Crippen LogP contribution is -2.02. The van der Waals surface area contributed by atoms with Crippen molar-refractivity contribution in [2.75, 3.05) is 5.32 Å². The Morgan fingerprint density at radius 1 is 1.00 bits per heavy atom. The number of rotatable bonds is 3. The van der Waals surface area contributed by atoms with Crippen LogP contribution in [0.1, 0.15) is 11.1 Å². The summed E-state index contributed by atoms with van der Waals surface area (Å²) >= 11 is 18.1. The van der Waals surface area contributed by atoms with Crippen LogP contribution < -0.4 is 5.32 Å². The van der Waals surface area contributed by atoms with Crippen LogP contribution in [-0.4, -0.2) is 0 Å². The first-order valence-electron chi connectivity index (χ1n) is 5.51. The molecule has 0 aliphatic rings. The summed E-state index contributed by atoms with van der Waals surface area (Å²) in [5, 5.41) is 5.30. The average Bonchev–Trinajstić information content (AvgIpc) is 2.31. The van der Waals surface area contributed by atoms with Gasteiger partial charge in [-0.3, -0.25) is 0 Å². The Morgan fingerprint density at radius 2 is 1.78 bits per heavy atom. The molecular weight excluding hydrogens is 289 g/mol. The van der Waals surface area contributed by atoms with Gasteiger partial charge in [0.15, 0.2) is 0 Å². The fourth-order valence-electron chi connectivity index (χ4n) is 1.70. The molecule has 0 aromatic heterocycles. The molecule has 2 rings (SSSR count). The van der Waals surface area contributed by atoms with E-state index in [2.05, 4.69) is 5.32 Å². The van der Waals surface area contributed by atoms with Crippen LogP contribution in [0.5, 0.6) is 0 Å². The zero-order chi connectivity index (χ0) is 13.1. The van der Waals surface area contributed by atoms with Crippen LogP contribution in [0.15, 0.2) is 36.4 Å². The molecule has 0 amide bonds. The highest BCUT2D eigenvalue weighted by Gasteiger charge is 2.05. The second-order valence-electron chi connectivity index (χ2n) is 4.02. The van der Waals surface area contributed by atoms with Gasteiger partial charge in [0.05, 0.1) is 10.7 Å². The molecule has 0 bridgehead atoms. The van der Waals surface area contributed by atoms with Gasteiger partial charge in [0.25, 0.3) is 0 Å². The Morgan fingerprint density at radius 3 is 2.44 bits per heavy atom. The molecule has 0 aliphatic heterocycles. The predicted octanol–water partition coefficient (Wildman–Crippen LogP) is 5.57. The van der Waals surface area contributed by atoms with Crippen LogP contribution >= 0.6 is 34.8 Å². The van der Waals surface area contributed by atoms with Crippen molar-refractivity contribution in [1.29, 1.82) is 0 Å².